The molecule has 0 saturated carbocycles. The molecule has 4 rings (SSSR count). The van der Waals surface area contributed by atoms with Crippen molar-refractivity contribution in [1.29, 1.82) is 0 Å². The number of nitrogens with one attached hydrogen (secondary N) is 1. The Labute approximate surface area is 225 Å². The van der Waals surface area contributed by atoms with Crippen LogP contribution in [0, 0.1) is 5.82 Å². The Bertz CT molecular complexity index is 1280. The summed E-state index contributed by atoms with van der Waals surface area (Å²) in [7, 11) is 0. The summed E-state index contributed by atoms with van der Waals surface area (Å²) < 4.78 is 21.4. The van der Waals surface area contributed by atoms with Gasteiger partial charge in [0, 0.05) is 34.3 Å². The van der Waals surface area contributed by atoms with Crippen molar-refractivity contribution < 1.29 is 18.7 Å². The number of halogens is 3. The summed E-state index contributed by atoms with van der Waals surface area (Å²) in [5, 5.41) is 4.20. The van der Waals surface area contributed by atoms with Gasteiger partial charge in [0.15, 0.2) is 17.7 Å². The SMILES string of the molecule is CCNC1(C(N)=O)CCN(C(=O)c2ccc(OC(c3ccc(Cl)cc3)c3ccccc3Cl)c(F)c2)CC1. The summed E-state index contributed by atoms with van der Waals surface area (Å²) in [5.41, 5.74) is 6.38. The predicted octanol–water partition coefficient (Wildman–Crippen LogP) is 5.37. The topological polar surface area (TPSA) is 84.7 Å². The highest BCUT2D eigenvalue weighted by molar-refractivity contribution is 6.31. The highest BCUT2D eigenvalue weighted by Crippen LogP contribution is 2.35. The van der Waals surface area contributed by atoms with E-state index in [1.54, 1.807) is 41.3 Å². The Balaban J connectivity index is 1.54. The van der Waals surface area contributed by atoms with Gasteiger partial charge in [-0.25, -0.2) is 4.39 Å². The number of ether oxygens (including phenoxy) is 1. The first-order chi connectivity index (χ1) is 17.7. The molecule has 3 N–H and O–H groups in total. The second-order valence-electron chi connectivity index (χ2n) is 8.99. The Hall–Kier alpha value is -3.13. The summed E-state index contributed by atoms with van der Waals surface area (Å²) in [6.07, 6.45) is 0.0929. The molecule has 1 heterocycles. The van der Waals surface area contributed by atoms with Gasteiger partial charge in [-0.05, 0) is 61.3 Å². The van der Waals surface area contributed by atoms with E-state index < -0.39 is 23.4 Å². The van der Waals surface area contributed by atoms with Crippen molar-refractivity contribution in [2.45, 2.75) is 31.4 Å². The lowest BCUT2D eigenvalue weighted by Gasteiger charge is -2.40. The molecular weight excluding hydrogens is 516 g/mol. The van der Waals surface area contributed by atoms with E-state index in [9.17, 15) is 9.59 Å². The average molecular weight is 544 g/mol. The van der Waals surface area contributed by atoms with E-state index in [0.29, 0.717) is 48.1 Å². The monoisotopic (exact) mass is 543 g/mol. The normalized spacial score (nSPS) is 15.7. The standard InChI is InChI=1S/C28H28Cl2FN3O3/c1-2-33-28(27(32)36)13-15-34(16-14-28)26(35)19-9-12-24(23(31)17-19)37-25(18-7-10-20(29)11-8-18)21-5-3-4-6-22(21)30/h3-12,17,25,33H,2,13-16H2,1H3,(H2,32,36). The van der Waals surface area contributed by atoms with Gasteiger partial charge in [-0.2, -0.15) is 0 Å². The van der Waals surface area contributed by atoms with Gasteiger partial charge in [-0.3, -0.25) is 9.59 Å². The Morgan fingerprint density at radius 1 is 1.08 bits per heavy atom. The van der Waals surface area contributed by atoms with E-state index in [-0.39, 0.29) is 17.2 Å². The van der Waals surface area contributed by atoms with Crippen LogP contribution < -0.4 is 15.8 Å². The molecule has 1 saturated heterocycles. The van der Waals surface area contributed by atoms with Gasteiger partial charge in [0.1, 0.15) is 5.54 Å². The summed E-state index contributed by atoms with van der Waals surface area (Å²) in [6, 6.07) is 18.4. The van der Waals surface area contributed by atoms with E-state index in [2.05, 4.69) is 5.32 Å². The highest BCUT2D eigenvalue weighted by Gasteiger charge is 2.40. The zero-order chi connectivity index (χ0) is 26.6. The number of carbonyl (C=O) groups is 2. The number of carbonyl (C=O) groups excluding carboxylic acids is 2. The number of nitrogens with two attached hydrogens (primary N) is 1. The number of hydrogen-bond donors (Lipinski definition) is 2. The maximum atomic E-state index is 15.2. The summed E-state index contributed by atoms with van der Waals surface area (Å²) in [4.78, 5) is 26.7. The first-order valence-electron chi connectivity index (χ1n) is 12.0. The van der Waals surface area contributed by atoms with Gasteiger partial charge in [0.05, 0.1) is 0 Å². The average Bonchev–Trinajstić information content (AvgIpc) is 2.89. The van der Waals surface area contributed by atoms with Crippen LogP contribution in [0.25, 0.3) is 0 Å². The zero-order valence-corrected chi connectivity index (χ0v) is 21.9. The fraction of sp³-hybridized carbons (Fsp3) is 0.286. The third kappa shape index (κ3) is 5.90. The van der Waals surface area contributed by atoms with Crippen LogP contribution in [0.2, 0.25) is 10.0 Å². The van der Waals surface area contributed by atoms with E-state index in [1.807, 2.05) is 19.1 Å². The lowest BCUT2D eigenvalue weighted by molar-refractivity contribution is -0.126. The minimum atomic E-state index is -0.829. The van der Waals surface area contributed by atoms with E-state index in [0.717, 1.165) is 5.56 Å². The molecule has 6 nitrogen and oxygen atoms in total. The van der Waals surface area contributed by atoms with Gasteiger partial charge >= 0.3 is 0 Å². The van der Waals surface area contributed by atoms with Crippen LogP contribution in [0.4, 0.5) is 4.39 Å². The second kappa shape index (κ2) is 11.5. The van der Waals surface area contributed by atoms with Crippen molar-refractivity contribution in [1.82, 2.24) is 10.2 Å². The Morgan fingerprint density at radius 2 is 1.76 bits per heavy atom. The molecule has 1 fully saturated rings. The fourth-order valence-corrected chi connectivity index (χ4v) is 4.98. The Morgan fingerprint density at radius 3 is 2.35 bits per heavy atom. The molecule has 0 radical (unpaired) electrons. The van der Waals surface area contributed by atoms with Crippen LogP contribution in [0.15, 0.2) is 66.7 Å². The molecule has 2 amide bonds. The number of hydrogen-bond acceptors (Lipinski definition) is 4. The molecule has 3 aromatic carbocycles. The molecule has 1 aliphatic rings. The predicted molar refractivity (Wildman–Crippen MR) is 143 cm³/mol. The van der Waals surface area contributed by atoms with Crippen molar-refractivity contribution in [3.05, 3.63) is 99.3 Å². The van der Waals surface area contributed by atoms with Gasteiger partial charge in [0.2, 0.25) is 5.91 Å². The number of likely N-dealkylation sites (N-methyl/N-ethyl adjacent to an activating group) is 1. The molecule has 194 valence electrons. The highest BCUT2D eigenvalue weighted by atomic mass is 35.5. The van der Waals surface area contributed by atoms with Crippen LogP contribution in [0.1, 0.15) is 47.4 Å². The summed E-state index contributed by atoms with van der Waals surface area (Å²) in [6.45, 7) is 3.16. The minimum absolute atomic E-state index is 0.0186. The molecule has 1 atom stereocenters. The zero-order valence-electron chi connectivity index (χ0n) is 20.3. The molecule has 0 aromatic heterocycles. The molecule has 37 heavy (non-hydrogen) atoms. The maximum Gasteiger partial charge on any atom is 0.253 e. The number of nitrogens with zero attached hydrogens (tertiary/aromatic N) is 1. The summed E-state index contributed by atoms with van der Waals surface area (Å²) in [5.74, 6) is -1.44. The van der Waals surface area contributed by atoms with Crippen LogP contribution in [0.5, 0.6) is 5.75 Å². The van der Waals surface area contributed by atoms with Crippen LogP contribution in [-0.2, 0) is 4.79 Å². The largest absolute Gasteiger partial charge is 0.478 e. The first kappa shape index (κ1) is 26.9. The first-order valence-corrected chi connectivity index (χ1v) is 12.8. The molecule has 0 aliphatic carbocycles. The lowest BCUT2D eigenvalue weighted by Crippen LogP contribution is -2.61. The number of primary amides is 1. The minimum Gasteiger partial charge on any atom is -0.478 e. The third-order valence-electron chi connectivity index (χ3n) is 6.68. The number of piperidine rings is 1. The second-order valence-corrected chi connectivity index (χ2v) is 9.83. The molecule has 9 heteroatoms. The van der Waals surface area contributed by atoms with Crippen LogP contribution in [0.3, 0.4) is 0 Å². The quantitative estimate of drug-likeness (QED) is 0.400. The Kier molecular flexibility index (Phi) is 8.37. The molecule has 1 aliphatic heterocycles. The lowest BCUT2D eigenvalue weighted by atomic mass is 9.86. The van der Waals surface area contributed by atoms with E-state index in [4.69, 9.17) is 33.7 Å². The van der Waals surface area contributed by atoms with Gasteiger partial charge in [-0.15, -0.1) is 0 Å². The smallest absolute Gasteiger partial charge is 0.253 e. The fourth-order valence-electron chi connectivity index (χ4n) is 4.62. The van der Waals surface area contributed by atoms with Crippen molar-refractivity contribution >= 4 is 35.0 Å². The number of likely N-dealkylation sites (tertiary alicyclic amines) is 1. The van der Waals surface area contributed by atoms with Gasteiger partial charge in [-0.1, -0.05) is 60.5 Å². The molecular formula is C28H28Cl2FN3O3. The third-order valence-corrected chi connectivity index (χ3v) is 7.27. The molecule has 1 unspecified atom stereocenters. The summed E-state index contributed by atoms with van der Waals surface area (Å²) >= 11 is 12.5. The van der Waals surface area contributed by atoms with Crippen molar-refractivity contribution in [2.75, 3.05) is 19.6 Å². The molecule has 0 spiro atoms. The van der Waals surface area contributed by atoms with Gasteiger partial charge in [0.25, 0.3) is 5.91 Å². The van der Waals surface area contributed by atoms with Crippen LogP contribution in [-0.4, -0.2) is 41.9 Å². The van der Waals surface area contributed by atoms with E-state index >= 15 is 4.39 Å². The molecule has 3 aromatic rings. The maximum absolute atomic E-state index is 15.2. The van der Waals surface area contributed by atoms with Crippen molar-refractivity contribution in [3.8, 4) is 5.75 Å². The number of benzene rings is 3. The van der Waals surface area contributed by atoms with Crippen molar-refractivity contribution in [3.63, 3.8) is 0 Å². The molecule has 0 bridgehead atoms. The van der Waals surface area contributed by atoms with E-state index in [1.165, 1.54) is 18.2 Å². The van der Waals surface area contributed by atoms with Crippen LogP contribution >= 0.6 is 23.2 Å². The number of rotatable bonds is 8. The number of amides is 2. The van der Waals surface area contributed by atoms with Gasteiger partial charge < -0.3 is 20.7 Å². The van der Waals surface area contributed by atoms with Crippen molar-refractivity contribution in [2.24, 2.45) is 5.73 Å².